The fourth-order valence-electron chi connectivity index (χ4n) is 5.47. The summed E-state index contributed by atoms with van der Waals surface area (Å²) in [4.78, 5) is 28.2. The minimum atomic E-state index is -0.534. The lowest BCUT2D eigenvalue weighted by molar-refractivity contribution is -0.136. The molecule has 2 fully saturated rings. The summed E-state index contributed by atoms with van der Waals surface area (Å²) < 4.78 is 0. The van der Waals surface area contributed by atoms with Crippen LogP contribution in [0.4, 0.5) is 5.69 Å². The maximum atomic E-state index is 13.4. The van der Waals surface area contributed by atoms with Gasteiger partial charge in [-0.05, 0) is 43.2 Å². The first-order valence-corrected chi connectivity index (χ1v) is 7.99. The molecule has 0 radical (unpaired) electrons. The molecule has 110 valence electrons. The van der Waals surface area contributed by atoms with Gasteiger partial charge in [0.1, 0.15) is 0 Å². The van der Waals surface area contributed by atoms with Gasteiger partial charge < -0.3 is 0 Å². The molecule has 2 amide bonds. The van der Waals surface area contributed by atoms with Crippen molar-refractivity contribution in [3.05, 3.63) is 54.6 Å². The number of anilines is 1. The molecule has 1 heterocycles. The van der Waals surface area contributed by atoms with Crippen molar-refractivity contribution in [3.63, 3.8) is 0 Å². The molecule has 5 rings (SSSR count). The molecule has 3 aliphatic carbocycles. The maximum absolute atomic E-state index is 13.4. The lowest BCUT2D eigenvalue weighted by atomic mass is 9.54. The van der Waals surface area contributed by atoms with Crippen molar-refractivity contribution >= 4 is 17.5 Å². The topological polar surface area (TPSA) is 37.4 Å². The van der Waals surface area contributed by atoms with Gasteiger partial charge in [-0.2, -0.15) is 0 Å². The molecule has 22 heavy (non-hydrogen) atoms. The molecule has 0 N–H and O–H groups in total. The van der Waals surface area contributed by atoms with Crippen LogP contribution in [0.5, 0.6) is 0 Å². The van der Waals surface area contributed by atoms with E-state index in [0.29, 0.717) is 18.5 Å². The van der Waals surface area contributed by atoms with Crippen LogP contribution in [0.2, 0.25) is 0 Å². The van der Waals surface area contributed by atoms with Gasteiger partial charge in [-0.3, -0.25) is 9.59 Å². The average molecular weight is 291 g/mol. The van der Waals surface area contributed by atoms with Crippen LogP contribution >= 0.6 is 0 Å². The lowest BCUT2D eigenvalue weighted by Crippen LogP contribution is -2.48. The number of hydrogen-bond acceptors (Lipinski definition) is 2. The van der Waals surface area contributed by atoms with Crippen LogP contribution in [0.1, 0.15) is 19.3 Å². The predicted octanol–water partition coefficient (Wildman–Crippen LogP) is 3.09. The molecule has 1 saturated carbocycles. The summed E-state index contributed by atoms with van der Waals surface area (Å²) in [6.45, 7) is 0. The van der Waals surface area contributed by atoms with E-state index >= 15 is 0 Å². The monoisotopic (exact) mass is 291 g/mol. The number of fused-ring (bicyclic) bond motifs is 2. The Morgan fingerprint density at radius 2 is 1.41 bits per heavy atom. The number of allylic oxidation sites excluding steroid dienone is 4. The number of carbonyl (C=O) groups is 2. The van der Waals surface area contributed by atoms with Crippen LogP contribution in [0.15, 0.2) is 54.6 Å². The zero-order chi connectivity index (χ0) is 14.9. The summed E-state index contributed by atoms with van der Waals surface area (Å²) in [5, 5.41) is 0. The summed E-state index contributed by atoms with van der Waals surface area (Å²) in [6.07, 6.45) is 10.9. The molecule has 4 aliphatic rings. The number of nitrogens with zero attached hydrogens (tertiary/aromatic N) is 1. The van der Waals surface area contributed by atoms with Crippen molar-refractivity contribution in [3.8, 4) is 0 Å². The van der Waals surface area contributed by atoms with E-state index in [1.54, 1.807) is 0 Å². The summed E-state index contributed by atoms with van der Waals surface area (Å²) in [5.41, 5.74) is -0.353. The number of hydrogen-bond donors (Lipinski definition) is 0. The van der Waals surface area contributed by atoms with Gasteiger partial charge in [0.2, 0.25) is 11.8 Å². The Morgan fingerprint density at radius 3 is 1.95 bits per heavy atom. The first-order valence-electron chi connectivity index (χ1n) is 7.99. The van der Waals surface area contributed by atoms with Crippen LogP contribution in [-0.4, -0.2) is 11.8 Å². The highest BCUT2D eigenvalue weighted by atomic mass is 16.2. The number of rotatable bonds is 1. The Labute approximate surface area is 129 Å². The first kappa shape index (κ1) is 12.4. The van der Waals surface area contributed by atoms with E-state index in [4.69, 9.17) is 0 Å². The number of carbonyl (C=O) groups excluding carboxylic acids is 2. The van der Waals surface area contributed by atoms with Gasteiger partial charge in [-0.1, -0.05) is 42.5 Å². The highest BCUT2D eigenvalue weighted by Crippen LogP contribution is 2.72. The fourth-order valence-corrected chi connectivity index (χ4v) is 5.47. The molecule has 1 aliphatic heterocycles. The third-order valence-electron chi connectivity index (χ3n) is 6.38. The van der Waals surface area contributed by atoms with E-state index in [9.17, 15) is 9.59 Å². The Bertz CT molecular complexity index is 708. The van der Waals surface area contributed by atoms with Gasteiger partial charge in [0, 0.05) is 0 Å². The number of benzene rings is 1. The zero-order valence-corrected chi connectivity index (χ0v) is 12.2. The predicted molar refractivity (Wildman–Crippen MR) is 82.9 cm³/mol. The molecule has 1 saturated heterocycles. The molecular formula is C19H17NO2. The van der Waals surface area contributed by atoms with E-state index in [-0.39, 0.29) is 23.7 Å². The molecular weight excluding hydrogens is 274 g/mol. The molecule has 0 aromatic heterocycles. The van der Waals surface area contributed by atoms with E-state index in [1.807, 2.05) is 30.3 Å². The summed E-state index contributed by atoms with van der Waals surface area (Å²) in [6, 6.07) is 9.39. The van der Waals surface area contributed by atoms with Crippen molar-refractivity contribution in [2.75, 3.05) is 4.90 Å². The third-order valence-corrected chi connectivity index (χ3v) is 6.38. The molecule has 3 heteroatoms. The highest BCUT2D eigenvalue weighted by Gasteiger charge is 2.78. The smallest absolute Gasteiger partial charge is 0.242 e. The molecule has 2 bridgehead atoms. The van der Waals surface area contributed by atoms with Gasteiger partial charge >= 0.3 is 0 Å². The number of para-hydroxylation sites is 1. The normalized spacial score (nSPS) is 41.2. The van der Waals surface area contributed by atoms with Crippen molar-refractivity contribution in [1.82, 2.24) is 0 Å². The van der Waals surface area contributed by atoms with Crippen molar-refractivity contribution in [1.29, 1.82) is 0 Å². The summed E-state index contributed by atoms with van der Waals surface area (Å²) >= 11 is 0. The Balaban J connectivity index is 1.75. The second-order valence-electron chi connectivity index (χ2n) is 6.94. The standard InChI is InChI=1S/C19H17NO2/c21-16-18-10-4-5-11-19(18,14-9-8-13(18)12-14)17(22)20(16)15-6-2-1-3-7-15/h1-9,13-14H,10-12H2/t13?,14?,18-,19+. The van der Waals surface area contributed by atoms with Gasteiger partial charge in [-0.15, -0.1) is 0 Å². The van der Waals surface area contributed by atoms with Gasteiger partial charge in [0.15, 0.2) is 0 Å². The quantitative estimate of drug-likeness (QED) is 0.589. The van der Waals surface area contributed by atoms with Crippen LogP contribution < -0.4 is 4.90 Å². The molecule has 1 aromatic carbocycles. The third kappa shape index (κ3) is 1.07. The second-order valence-corrected chi connectivity index (χ2v) is 6.94. The lowest BCUT2D eigenvalue weighted by Gasteiger charge is -2.43. The Morgan fingerprint density at radius 1 is 0.864 bits per heavy atom. The fraction of sp³-hybridized carbons (Fsp3) is 0.368. The second kappa shape index (κ2) is 3.78. The minimum Gasteiger partial charge on any atom is -0.273 e. The van der Waals surface area contributed by atoms with Gasteiger partial charge in [0.25, 0.3) is 0 Å². The molecule has 4 atom stereocenters. The van der Waals surface area contributed by atoms with Crippen LogP contribution in [0.25, 0.3) is 0 Å². The molecule has 3 nitrogen and oxygen atoms in total. The summed E-state index contributed by atoms with van der Waals surface area (Å²) in [7, 11) is 0. The highest BCUT2D eigenvalue weighted by molar-refractivity contribution is 6.26. The molecule has 0 spiro atoms. The largest absolute Gasteiger partial charge is 0.273 e. The van der Waals surface area contributed by atoms with Gasteiger partial charge in [0.05, 0.1) is 16.5 Å². The molecule has 1 aromatic rings. The van der Waals surface area contributed by atoms with Crippen LogP contribution in [0, 0.1) is 22.7 Å². The minimum absolute atomic E-state index is 0.0184. The van der Waals surface area contributed by atoms with E-state index < -0.39 is 10.8 Å². The average Bonchev–Trinajstić information content (AvgIpc) is 3.20. The van der Waals surface area contributed by atoms with Gasteiger partial charge in [-0.25, -0.2) is 4.90 Å². The Kier molecular flexibility index (Phi) is 2.13. The van der Waals surface area contributed by atoms with E-state index in [1.165, 1.54) is 4.90 Å². The van der Waals surface area contributed by atoms with Crippen molar-refractivity contribution in [2.24, 2.45) is 22.7 Å². The molecule has 2 unspecified atom stereocenters. The van der Waals surface area contributed by atoms with Crippen LogP contribution in [0.3, 0.4) is 0 Å². The first-order chi connectivity index (χ1) is 10.7. The van der Waals surface area contributed by atoms with Crippen molar-refractivity contribution < 1.29 is 9.59 Å². The SMILES string of the molecule is O=C1N(c2ccccc2)C(=O)[C@@]23CC=CC[C@@]12C1C=CC3C1. The van der Waals surface area contributed by atoms with E-state index in [0.717, 1.165) is 6.42 Å². The summed E-state index contributed by atoms with van der Waals surface area (Å²) in [5.74, 6) is 0.468. The maximum Gasteiger partial charge on any atom is 0.242 e. The van der Waals surface area contributed by atoms with Crippen LogP contribution in [-0.2, 0) is 9.59 Å². The Hall–Kier alpha value is -2.16. The van der Waals surface area contributed by atoms with Crippen molar-refractivity contribution in [2.45, 2.75) is 19.3 Å². The number of imide groups is 1. The van der Waals surface area contributed by atoms with E-state index in [2.05, 4.69) is 24.3 Å². The zero-order valence-electron chi connectivity index (χ0n) is 12.2. The number of amides is 2.